The molecule has 0 spiro atoms. The van der Waals surface area contributed by atoms with Gasteiger partial charge < -0.3 is 15.8 Å². The number of likely N-dealkylation sites (N-methyl/N-ethyl adjacent to an activating group) is 1. The summed E-state index contributed by atoms with van der Waals surface area (Å²) in [6, 6.07) is 7.01. The topological polar surface area (TPSA) is 119 Å². The maximum atomic E-state index is 11.9. The lowest BCUT2D eigenvalue weighted by molar-refractivity contribution is -0.146. The maximum Gasteiger partial charge on any atom is 0.308 e. The van der Waals surface area contributed by atoms with Crippen LogP contribution in [-0.4, -0.2) is 47.7 Å². The van der Waals surface area contributed by atoms with E-state index >= 15 is 0 Å². The molecule has 1 aromatic carbocycles. The highest BCUT2D eigenvalue weighted by Gasteiger charge is 2.37. The Labute approximate surface area is 138 Å². The highest BCUT2D eigenvalue weighted by Crippen LogP contribution is 2.11. The molecule has 0 radical (unpaired) electrons. The van der Waals surface area contributed by atoms with Gasteiger partial charge in [-0.1, -0.05) is 30.3 Å². The molecule has 0 aliphatic carbocycles. The molecule has 1 unspecified atom stereocenters. The van der Waals surface area contributed by atoms with Gasteiger partial charge in [-0.25, -0.2) is 0 Å². The van der Waals surface area contributed by atoms with Crippen LogP contribution >= 0.6 is 0 Å². The molecule has 128 valence electrons. The van der Waals surface area contributed by atoms with E-state index in [1.54, 1.807) is 12.1 Å². The average molecular weight is 333 g/mol. The van der Waals surface area contributed by atoms with E-state index in [1.165, 1.54) is 7.05 Å². The summed E-state index contributed by atoms with van der Waals surface area (Å²) in [5.41, 5.74) is 6.48. The van der Waals surface area contributed by atoms with Gasteiger partial charge in [0, 0.05) is 7.05 Å². The van der Waals surface area contributed by atoms with E-state index in [4.69, 9.17) is 10.5 Å². The number of ether oxygens (including phenoxy) is 1. The standard InChI is InChI=1S/C16H19N3O5/c1-19-13(20)8-12(16(19)23)18-15(22)11(17)7-14(21)24-9-10-5-3-2-4-6-10/h2-6,11-12H,7-9,17H2,1H3,(H,18,22)/t11-,12?/m0/s1. The van der Waals surface area contributed by atoms with E-state index in [0.717, 1.165) is 10.5 Å². The number of amides is 3. The molecular formula is C16H19N3O5. The zero-order valence-corrected chi connectivity index (χ0v) is 13.2. The normalized spacial score (nSPS) is 18.4. The Kier molecular flexibility index (Phi) is 5.64. The van der Waals surface area contributed by atoms with Crippen molar-refractivity contribution in [2.45, 2.75) is 31.5 Å². The number of esters is 1. The largest absolute Gasteiger partial charge is 0.461 e. The molecule has 1 saturated heterocycles. The van der Waals surface area contributed by atoms with Crippen LogP contribution in [0.2, 0.25) is 0 Å². The van der Waals surface area contributed by atoms with Gasteiger partial charge >= 0.3 is 5.97 Å². The summed E-state index contributed by atoms with van der Waals surface area (Å²) in [7, 11) is 1.34. The van der Waals surface area contributed by atoms with Crippen molar-refractivity contribution in [2.24, 2.45) is 5.73 Å². The molecule has 1 aromatic rings. The molecule has 8 heteroatoms. The number of imide groups is 1. The van der Waals surface area contributed by atoms with Crippen LogP contribution in [-0.2, 0) is 30.5 Å². The average Bonchev–Trinajstić information content (AvgIpc) is 2.81. The molecule has 8 nitrogen and oxygen atoms in total. The van der Waals surface area contributed by atoms with Crippen molar-refractivity contribution in [2.75, 3.05) is 7.05 Å². The predicted octanol–water partition coefficient (Wildman–Crippen LogP) is -0.679. The molecule has 1 aliphatic rings. The maximum absolute atomic E-state index is 11.9. The second kappa shape index (κ2) is 7.69. The highest BCUT2D eigenvalue weighted by atomic mass is 16.5. The van der Waals surface area contributed by atoms with Crippen LogP contribution < -0.4 is 11.1 Å². The monoisotopic (exact) mass is 333 g/mol. The van der Waals surface area contributed by atoms with E-state index in [2.05, 4.69) is 5.32 Å². The van der Waals surface area contributed by atoms with E-state index in [0.29, 0.717) is 0 Å². The Morgan fingerprint density at radius 2 is 2.00 bits per heavy atom. The van der Waals surface area contributed by atoms with Gasteiger partial charge in [0.1, 0.15) is 12.6 Å². The van der Waals surface area contributed by atoms with Gasteiger partial charge in [0.2, 0.25) is 11.8 Å². The Morgan fingerprint density at radius 1 is 1.33 bits per heavy atom. The molecule has 24 heavy (non-hydrogen) atoms. The van der Waals surface area contributed by atoms with Crippen molar-refractivity contribution in [1.82, 2.24) is 10.2 Å². The third-order valence-electron chi connectivity index (χ3n) is 3.66. The third-order valence-corrected chi connectivity index (χ3v) is 3.66. The van der Waals surface area contributed by atoms with Crippen LogP contribution in [0.5, 0.6) is 0 Å². The Bertz CT molecular complexity index is 646. The summed E-state index contributed by atoms with van der Waals surface area (Å²) in [5, 5.41) is 2.38. The van der Waals surface area contributed by atoms with Gasteiger partial charge in [0.25, 0.3) is 5.91 Å². The minimum absolute atomic E-state index is 0.0917. The number of nitrogens with two attached hydrogens (primary N) is 1. The molecule has 2 rings (SSSR count). The smallest absolute Gasteiger partial charge is 0.308 e. The van der Waals surface area contributed by atoms with Crippen molar-refractivity contribution in [3.05, 3.63) is 35.9 Å². The second-order valence-corrected chi connectivity index (χ2v) is 5.51. The SMILES string of the molecule is CN1C(=O)CC(NC(=O)[C@@H](N)CC(=O)OCc2ccccc2)C1=O. The molecule has 1 aliphatic heterocycles. The van der Waals surface area contributed by atoms with Gasteiger partial charge in [-0.15, -0.1) is 0 Å². The molecule has 3 N–H and O–H groups in total. The van der Waals surface area contributed by atoms with Crippen LogP contribution in [0.3, 0.4) is 0 Å². The molecule has 1 heterocycles. The van der Waals surface area contributed by atoms with Gasteiger partial charge in [-0.2, -0.15) is 0 Å². The summed E-state index contributed by atoms with van der Waals surface area (Å²) < 4.78 is 5.05. The fourth-order valence-corrected chi connectivity index (χ4v) is 2.22. The number of likely N-dealkylation sites (tertiary alicyclic amines) is 1. The van der Waals surface area contributed by atoms with E-state index in [1.807, 2.05) is 18.2 Å². The zero-order valence-electron chi connectivity index (χ0n) is 13.2. The predicted molar refractivity (Wildman–Crippen MR) is 83.2 cm³/mol. The lowest BCUT2D eigenvalue weighted by atomic mass is 10.1. The summed E-state index contributed by atoms with van der Waals surface area (Å²) in [6.45, 7) is 0.0917. The summed E-state index contributed by atoms with van der Waals surface area (Å²) in [5.74, 6) is -2.16. The first-order valence-electron chi connectivity index (χ1n) is 7.44. The van der Waals surface area contributed by atoms with Crippen LogP contribution in [0.4, 0.5) is 0 Å². The van der Waals surface area contributed by atoms with Crippen molar-refractivity contribution < 1.29 is 23.9 Å². The Balaban J connectivity index is 1.78. The van der Waals surface area contributed by atoms with Crippen LogP contribution in [0, 0.1) is 0 Å². The molecular weight excluding hydrogens is 314 g/mol. The van der Waals surface area contributed by atoms with E-state index in [-0.39, 0.29) is 25.4 Å². The van der Waals surface area contributed by atoms with Crippen molar-refractivity contribution in [3.63, 3.8) is 0 Å². The molecule has 3 amide bonds. The van der Waals surface area contributed by atoms with Crippen LogP contribution in [0.15, 0.2) is 30.3 Å². The van der Waals surface area contributed by atoms with Gasteiger partial charge in [0.15, 0.2) is 0 Å². The summed E-state index contributed by atoms with van der Waals surface area (Å²) >= 11 is 0. The van der Waals surface area contributed by atoms with Gasteiger partial charge in [0.05, 0.1) is 18.9 Å². The third kappa shape index (κ3) is 4.39. The fourth-order valence-electron chi connectivity index (χ4n) is 2.22. The molecule has 0 bridgehead atoms. The fraction of sp³-hybridized carbons (Fsp3) is 0.375. The first-order chi connectivity index (χ1) is 11.4. The first kappa shape index (κ1) is 17.6. The minimum atomic E-state index is -1.15. The van der Waals surface area contributed by atoms with Crippen LogP contribution in [0.1, 0.15) is 18.4 Å². The van der Waals surface area contributed by atoms with Crippen LogP contribution in [0.25, 0.3) is 0 Å². The molecule has 1 fully saturated rings. The first-order valence-corrected chi connectivity index (χ1v) is 7.44. The molecule has 2 atom stereocenters. The summed E-state index contributed by atoms with van der Waals surface area (Å²) in [6.07, 6.45) is -0.421. The summed E-state index contributed by atoms with van der Waals surface area (Å²) in [4.78, 5) is 47.7. The highest BCUT2D eigenvalue weighted by molar-refractivity contribution is 6.06. The number of carbonyl (C=O) groups excluding carboxylic acids is 4. The number of hydrogen-bond donors (Lipinski definition) is 2. The zero-order chi connectivity index (χ0) is 17.7. The van der Waals surface area contributed by atoms with E-state index < -0.39 is 29.9 Å². The van der Waals surface area contributed by atoms with Crippen molar-refractivity contribution in [3.8, 4) is 0 Å². The van der Waals surface area contributed by atoms with Crippen molar-refractivity contribution >= 4 is 23.7 Å². The second-order valence-electron chi connectivity index (χ2n) is 5.51. The molecule has 0 saturated carbocycles. The lowest BCUT2D eigenvalue weighted by Crippen LogP contribution is -2.48. The number of benzene rings is 1. The van der Waals surface area contributed by atoms with Gasteiger partial charge in [-0.05, 0) is 5.56 Å². The number of hydrogen-bond acceptors (Lipinski definition) is 6. The number of rotatable bonds is 6. The quantitative estimate of drug-likeness (QED) is 0.526. The Hall–Kier alpha value is -2.74. The van der Waals surface area contributed by atoms with Gasteiger partial charge in [-0.3, -0.25) is 24.1 Å². The Morgan fingerprint density at radius 3 is 2.58 bits per heavy atom. The minimum Gasteiger partial charge on any atom is -0.461 e. The van der Waals surface area contributed by atoms with Crippen molar-refractivity contribution in [1.29, 1.82) is 0 Å². The lowest BCUT2D eigenvalue weighted by Gasteiger charge is -2.15. The van der Waals surface area contributed by atoms with E-state index in [9.17, 15) is 19.2 Å². The number of carbonyl (C=O) groups is 4. The number of nitrogens with zero attached hydrogens (tertiary/aromatic N) is 1. The molecule has 0 aromatic heterocycles. The number of nitrogens with one attached hydrogen (secondary N) is 1.